The maximum atomic E-state index is 6.76. The van der Waals surface area contributed by atoms with Crippen molar-refractivity contribution in [3.63, 3.8) is 0 Å². The number of fused-ring (bicyclic) bond motifs is 12. The molecule has 0 saturated heterocycles. The molecule has 1 aliphatic heterocycles. The first-order chi connectivity index (χ1) is 25.3. The third-order valence-corrected chi connectivity index (χ3v) is 11.0. The van der Waals surface area contributed by atoms with Crippen LogP contribution in [0.3, 0.4) is 0 Å². The Balaban J connectivity index is 1.02. The van der Waals surface area contributed by atoms with Gasteiger partial charge in [-0.15, -0.1) is 0 Å². The minimum atomic E-state index is -0.453. The van der Waals surface area contributed by atoms with Crippen LogP contribution in [0.5, 0.6) is 11.5 Å². The highest BCUT2D eigenvalue weighted by atomic mass is 16.5. The van der Waals surface area contributed by atoms with Crippen molar-refractivity contribution in [3.8, 4) is 56.0 Å². The lowest BCUT2D eigenvalue weighted by atomic mass is 9.66. The second-order valence-electron chi connectivity index (χ2n) is 13.6. The van der Waals surface area contributed by atoms with Gasteiger partial charge in [-0.1, -0.05) is 170 Å². The van der Waals surface area contributed by atoms with Gasteiger partial charge in [-0.05, 0) is 56.6 Å². The van der Waals surface area contributed by atoms with Crippen molar-refractivity contribution in [2.45, 2.75) is 5.41 Å². The number of hydrogen-bond acceptors (Lipinski definition) is 2. The molecule has 2 nitrogen and oxygen atoms in total. The van der Waals surface area contributed by atoms with Gasteiger partial charge in [-0.3, -0.25) is 0 Å². The minimum absolute atomic E-state index is 0.453. The molecular formula is C49H30O2. The molecule has 0 N–H and O–H groups in total. The summed E-state index contributed by atoms with van der Waals surface area (Å²) < 4.78 is 13.5. The van der Waals surface area contributed by atoms with E-state index in [9.17, 15) is 0 Å². The van der Waals surface area contributed by atoms with E-state index in [4.69, 9.17) is 9.15 Å². The second-order valence-corrected chi connectivity index (χ2v) is 13.6. The first kappa shape index (κ1) is 28.2. The van der Waals surface area contributed by atoms with Gasteiger partial charge in [-0.25, -0.2) is 0 Å². The monoisotopic (exact) mass is 650 g/mol. The quantitative estimate of drug-likeness (QED) is 0.190. The van der Waals surface area contributed by atoms with Gasteiger partial charge in [0.15, 0.2) is 0 Å². The van der Waals surface area contributed by atoms with Crippen molar-refractivity contribution in [1.29, 1.82) is 0 Å². The Morgan fingerprint density at radius 3 is 1.47 bits per heavy atom. The average molecular weight is 651 g/mol. The second kappa shape index (κ2) is 10.7. The SMILES string of the molecule is c1ccc(-c2cccc3c2oc2c(-c4ccc(-c5ccc6c(c5)Oc5ccccc5C65c6ccccc6-c6ccccc65)cc4)cccc23)cc1. The zero-order valence-corrected chi connectivity index (χ0v) is 27.6. The van der Waals surface area contributed by atoms with Crippen LogP contribution in [0.4, 0.5) is 0 Å². The van der Waals surface area contributed by atoms with Crippen molar-refractivity contribution < 1.29 is 9.15 Å². The van der Waals surface area contributed by atoms with Gasteiger partial charge in [0.25, 0.3) is 0 Å². The number of hydrogen-bond donors (Lipinski definition) is 0. The molecule has 0 atom stereocenters. The predicted octanol–water partition coefficient (Wildman–Crippen LogP) is 13.1. The molecule has 0 bridgehead atoms. The van der Waals surface area contributed by atoms with Crippen molar-refractivity contribution in [2.75, 3.05) is 0 Å². The summed E-state index contributed by atoms with van der Waals surface area (Å²) in [5.41, 5.74) is 15.6. The standard InChI is InChI=1S/C49H30O2/c1-2-12-32(13-3-1)35-16-10-18-39-40-19-11-17-36(48(40)51-47(35)39)33-26-24-31(25-27-33)34-28-29-44-46(30-34)50-45-23-9-8-22-43(45)49(44)41-20-6-4-14-37(41)38-15-5-7-21-42(38)49/h1-30H. The highest BCUT2D eigenvalue weighted by molar-refractivity contribution is 6.13. The fourth-order valence-electron chi connectivity index (χ4n) is 8.78. The average Bonchev–Trinajstić information content (AvgIpc) is 3.73. The van der Waals surface area contributed by atoms with E-state index >= 15 is 0 Å². The number of benzene rings is 8. The van der Waals surface area contributed by atoms with Crippen LogP contribution in [0.25, 0.3) is 66.4 Å². The highest BCUT2D eigenvalue weighted by Crippen LogP contribution is 2.62. The Hall–Kier alpha value is -6.64. The molecule has 11 rings (SSSR count). The van der Waals surface area contributed by atoms with E-state index in [-0.39, 0.29) is 0 Å². The summed E-state index contributed by atoms with van der Waals surface area (Å²) in [5.74, 6) is 1.79. The Bertz CT molecular complexity index is 2780. The van der Waals surface area contributed by atoms with E-state index in [0.717, 1.165) is 66.8 Å². The molecule has 0 saturated carbocycles. The molecule has 8 aromatic carbocycles. The number of para-hydroxylation sites is 3. The van der Waals surface area contributed by atoms with E-state index in [1.54, 1.807) is 0 Å². The maximum absolute atomic E-state index is 6.76. The molecule has 238 valence electrons. The van der Waals surface area contributed by atoms with Crippen LogP contribution in [0.15, 0.2) is 186 Å². The molecule has 0 amide bonds. The molecule has 1 aliphatic carbocycles. The van der Waals surface area contributed by atoms with Crippen LogP contribution < -0.4 is 4.74 Å². The normalized spacial score (nSPS) is 13.4. The van der Waals surface area contributed by atoms with E-state index in [2.05, 4.69) is 176 Å². The minimum Gasteiger partial charge on any atom is -0.457 e. The van der Waals surface area contributed by atoms with Crippen molar-refractivity contribution >= 4 is 21.9 Å². The summed E-state index contributed by atoms with van der Waals surface area (Å²) >= 11 is 0. The fourth-order valence-corrected chi connectivity index (χ4v) is 8.78. The van der Waals surface area contributed by atoms with Gasteiger partial charge in [-0.2, -0.15) is 0 Å². The predicted molar refractivity (Wildman–Crippen MR) is 207 cm³/mol. The van der Waals surface area contributed by atoms with Gasteiger partial charge in [0.05, 0.1) is 5.41 Å². The van der Waals surface area contributed by atoms with Crippen molar-refractivity contribution in [2.24, 2.45) is 0 Å². The van der Waals surface area contributed by atoms with Gasteiger partial charge in [0.1, 0.15) is 22.7 Å². The largest absolute Gasteiger partial charge is 0.457 e. The first-order valence-corrected chi connectivity index (χ1v) is 17.5. The van der Waals surface area contributed by atoms with Gasteiger partial charge < -0.3 is 9.15 Å². The molecule has 0 fully saturated rings. The maximum Gasteiger partial charge on any atom is 0.143 e. The summed E-state index contributed by atoms with van der Waals surface area (Å²) in [4.78, 5) is 0. The van der Waals surface area contributed by atoms with Crippen LogP contribution in [-0.4, -0.2) is 0 Å². The van der Waals surface area contributed by atoms with Crippen LogP contribution in [0, 0.1) is 0 Å². The van der Waals surface area contributed by atoms with E-state index in [0.29, 0.717) is 0 Å². The molecule has 2 heterocycles. The van der Waals surface area contributed by atoms with E-state index in [1.165, 1.54) is 33.4 Å². The Morgan fingerprint density at radius 1 is 0.314 bits per heavy atom. The molecule has 9 aromatic rings. The van der Waals surface area contributed by atoms with Crippen LogP contribution in [-0.2, 0) is 5.41 Å². The Labute approximate surface area is 295 Å². The summed E-state index contributed by atoms with van der Waals surface area (Å²) in [6, 6.07) is 65.1. The third kappa shape index (κ3) is 3.93. The van der Waals surface area contributed by atoms with E-state index < -0.39 is 5.41 Å². The molecular weight excluding hydrogens is 621 g/mol. The van der Waals surface area contributed by atoms with Crippen LogP contribution in [0.2, 0.25) is 0 Å². The summed E-state index contributed by atoms with van der Waals surface area (Å²) in [6.07, 6.45) is 0. The van der Waals surface area contributed by atoms with Gasteiger partial charge >= 0.3 is 0 Å². The Morgan fingerprint density at radius 2 is 0.804 bits per heavy atom. The van der Waals surface area contributed by atoms with Crippen LogP contribution in [0.1, 0.15) is 22.3 Å². The number of furan rings is 1. The van der Waals surface area contributed by atoms with Crippen molar-refractivity contribution in [3.05, 3.63) is 204 Å². The van der Waals surface area contributed by atoms with E-state index in [1.807, 2.05) is 6.07 Å². The first-order valence-electron chi connectivity index (χ1n) is 17.5. The molecule has 1 spiro atoms. The summed E-state index contributed by atoms with van der Waals surface area (Å²) in [7, 11) is 0. The smallest absolute Gasteiger partial charge is 0.143 e. The Kier molecular flexibility index (Phi) is 5.91. The molecule has 0 radical (unpaired) electrons. The van der Waals surface area contributed by atoms with Crippen molar-refractivity contribution in [1.82, 2.24) is 0 Å². The highest BCUT2D eigenvalue weighted by Gasteiger charge is 2.50. The lowest BCUT2D eigenvalue weighted by Gasteiger charge is -2.39. The molecule has 51 heavy (non-hydrogen) atoms. The summed E-state index contributed by atoms with van der Waals surface area (Å²) in [5, 5.41) is 2.26. The zero-order valence-electron chi connectivity index (χ0n) is 27.6. The topological polar surface area (TPSA) is 22.4 Å². The van der Waals surface area contributed by atoms with Crippen LogP contribution >= 0.6 is 0 Å². The van der Waals surface area contributed by atoms with Gasteiger partial charge in [0, 0.05) is 33.0 Å². The third-order valence-electron chi connectivity index (χ3n) is 11.0. The molecule has 2 aliphatic rings. The molecule has 2 heteroatoms. The zero-order chi connectivity index (χ0) is 33.5. The number of ether oxygens (including phenoxy) is 1. The van der Waals surface area contributed by atoms with Gasteiger partial charge in [0.2, 0.25) is 0 Å². The number of rotatable bonds is 3. The molecule has 0 unspecified atom stereocenters. The summed E-state index contributed by atoms with van der Waals surface area (Å²) in [6.45, 7) is 0. The lowest BCUT2D eigenvalue weighted by Crippen LogP contribution is -2.32. The molecule has 1 aromatic heterocycles. The fraction of sp³-hybridized carbons (Fsp3) is 0.0204. The lowest BCUT2D eigenvalue weighted by molar-refractivity contribution is 0.436.